The number of furan rings is 2. The number of hydrogen-bond acceptors (Lipinski definition) is 4. The zero-order valence-electron chi connectivity index (χ0n) is 26.2. The molecule has 1 aliphatic heterocycles. The number of anilines is 1. The van der Waals surface area contributed by atoms with E-state index in [9.17, 15) is 0 Å². The lowest BCUT2D eigenvalue weighted by Gasteiger charge is -2.22. The monoisotopic (exact) mass is 629 g/mol. The number of nitrogens with zero attached hydrogens (tertiary/aromatic N) is 2. The second kappa shape index (κ2) is 9.96. The predicted molar refractivity (Wildman–Crippen MR) is 200 cm³/mol. The van der Waals surface area contributed by atoms with Crippen LogP contribution >= 0.6 is 0 Å². The standard InChI is InChI=1S/C44H27N3O2/c1-2-10-26(11-3-1)32-22-24-35-34(45-32)25-23-33(46-35)27-18-20-28(21-19-27)47-36-15-7-4-12-29(36)39-40-30-13-5-8-16-37(30)48-43(40)44-41(42(39)47)31-14-6-9-17-38(31)49-44/h1-25,32,45H. The van der Waals surface area contributed by atoms with Crippen LogP contribution in [0.5, 0.6) is 0 Å². The lowest BCUT2D eigenvalue weighted by molar-refractivity contribution is 0.633. The zero-order chi connectivity index (χ0) is 32.1. The van der Waals surface area contributed by atoms with Gasteiger partial charge in [0, 0.05) is 38.2 Å². The van der Waals surface area contributed by atoms with Gasteiger partial charge in [-0.2, -0.15) is 0 Å². The first-order chi connectivity index (χ1) is 24.3. The maximum absolute atomic E-state index is 6.62. The van der Waals surface area contributed by atoms with Gasteiger partial charge in [-0.1, -0.05) is 103 Å². The van der Waals surface area contributed by atoms with Gasteiger partial charge in [-0.3, -0.25) is 0 Å². The molecule has 5 heteroatoms. The number of para-hydroxylation sites is 3. The minimum absolute atomic E-state index is 0.131. The van der Waals surface area contributed by atoms with Gasteiger partial charge in [0.15, 0.2) is 11.2 Å². The normalized spacial score (nSPS) is 14.4. The largest absolute Gasteiger partial charge is 0.452 e. The maximum atomic E-state index is 6.62. The summed E-state index contributed by atoms with van der Waals surface area (Å²) in [5.41, 5.74) is 11.8. The van der Waals surface area contributed by atoms with E-state index < -0.39 is 0 Å². The van der Waals surface area contributed by atoms with Gasteiger partial charge < -0.3 is 18.7 Å². The molecule has 11 rings (SSSR count). The van der Waals surface area contributed by atoms with Crippen LogP contribution in [0.4, 0.5) is 5.69 Å². The van der Waals surface area contributed by atoms with Gasteiger partial charge in [-0.05, 0) is 54.1 Å². The van der Waals surface area contributed by atoms with Gasteiger partial charge in [-0.15, -0.1) is 0 Å². The first-order valence-electron chi connectivity index (χ1n) is 16.6. The Kier molecular flexibility index (Phi) is 5.38. The van der Waals surface area contributed by atoms with Gasteiger partial charge in [0.2, 0.25) is 0 Å². The molecule has 0 saturated heterocycles. The van der Waals surface area contributed by atoms with Crippen LogP contribution in [-0.2, 0) is 0 Å². The fourth-order valence-corrected chi connectivity index (χ4v) is 7.82. The van der Waals surface area contributed by atoms with Crippen molar-refractivity contribution in [2.24, 2.45) is 0 Å². The molecule has 0 radical (unpaired) electrons. The van der Waals surface area contributed by atoms with Crippen LogP contribution in [0.3, 0.4) is 0 Å². The maximum Gasteiger partial charge on any atom is 0.180 e. The topological polar surface area (TPSA) is 56.1 Å². The number of nitrogens with one attached hydrogen (secondary N) is 1. The van der Waals surface area contributed by atoms with Crippen molar-refractivity contribution in [3.63, 3.8) is 0 Å². The molecule has 0 fully saturated rings. The van der Waals surface area contributed by atoms with Crippen molar-refractivity contribution in [3.8, 4) is 16.9 Å². The van der Waals surface area contributed by atoms with Crippen molar-refractivity contribution in [2.45, 2.75) is 6.04 Å². The summed E-state index contributed by atoms with van der Waals surface area (Å²) in [4.78, 5) is 5.05. The van der Waals surface area contributed by atoms with Crippen molar-refractivity contribution in [3.05, 3.63) is 157 Å². The van der Waals surface area contributed by atoms with E-state index in [1.54, 1.807) is 0 Å². The first kappa shape index (κ1) is 26.5. The number of rotatable bonds is 3. The third kappa shape index (κ3) is 3.78. The van der Waals surface area contributed by atoms with Crippen LogP contribution in [0, 0.1) is 0 Å². The number of aromatic nitrogens is 2. The summed E-state index contributed by atoms with van der Waals surface area (Å²) in [6, 6.07) is 48.8. The van der Waals surface area contributed by atoms with E-state index in [4.69, 9.17) is 13.8 Å². The molecule has 230 valence electrons. The molecule has 0 amide bonds. The molecule has 5 nitrogen and oxygen atoms in total. The fourth-order valence-electron chi connectivity index (χ4n) is 7.82. The Hall–Kier alpha value is -6.59. The summed E-state index contributed by atoms with van der Waals surface area (Å²) >= 11 is 0. The number of fused-ring (bicyclic) bond motifs is 13. The Balaban J connectivity index is 1.11. The van der Waals surface area contributed by atoms with Gasteiger partial charge in [-0.25, -0.2) is 4.98 Å². The number of pyridine rings is 1. The lowest BCUT2D eigenvalue weighted by Crippen LogP contribution is -2.13. The fraction of sp³-hybridized carbons (Fsp3) is 0.0227. The summed E-state index contributed by atoms with van der Waals surface area (Å²) in [7, 11) is 0. The van der Waals surface area contributed by atoms with Crippen LogP contribution in [-0.4, -0.2) is 9.55 Å². The number of hydrogen-bond donors (Lipinski definition) is 1. The Morgan fingerprint density at radius 3 is 2.00 bits per heavy atom. The molecule has 1 unspecified atom stereocenters. The van der Waals surface area contributed by atoms with Crippen LogP contribution in [0.25, 0.3) is 88.7 Å². The molecule has 1 N–H and O–H groups in total. The van der Waals surface area contributed by atoms with E-state index in [-0.39, 0.29) is 6.04 Å². The van der Waals surface area contributed by atoms with E-state index in [1.807, 2.05) is 30.3 Å². The lowest BCUT2D eigenvalue weighted by atomic mass is 10.0. The Morgan fingerprint density at radius 2 is 1.22 bits per heavy atom. The molecule has 5 heterocycles. The number of benzene rings is 6. The molecule has 49 heavy (non-hydrogen) atoms. The van der Waals surface area contributed by atoms with Crippen molar-refractivity contribution in [2.75, 3.05) is 5.32 Å². The Bertz CT molecular complexity index is 2960. The first-order valence-corrected chi connectivity index (χ1v) is 16.6. The van der Waals surface area contributed by atoms with E-state index in [0.29, 0.717) is 0 Å². The minimum atomic E-state index is 0.131. The molecule has 1 aliphatic rings. The molecule has 10 aromatic rings. The molecule has 0 bridgehead atoms. The van der Waals surface area contributed by atoms with Crippen LogP contribution < -0.4 is 5.32 Å². The van der Waals surface area contributed by atoms with Crippen LogP contribution in [0.2, 0.25) is 0 Å². The van der Waals surface area contributed by atoms with Gasteiger partial charge in [0.25, 0.3) is 0 Å². The second-order valence-electron chi connectivity index (χ2n) is 12.7. The predicted octanol–water partition coefficient (Wildman–Crippen LogP) is 11.8. The summed E-state index contributed by atoms with van der Waals surface area (Å²) in [6.07, 6.45) is 4.31. The Labute approximate surface area is 280 Å². The summed E-state index contributed by atoms with van der Waals surface area (Å²) < 4.78 is 15.6. The SMILES string of the molecule is C1=CC(c2ccccc2)Nc2ccc(-c3ccc(-n4c5ccccc5c5c6c7ccccc7oc6c6oc7ccccc7c6c54)cc3)nc21. The van der Waals surface area contributed by atoms with Crippen LogP contribution in [0.15, 0.2) is 154 Å². The molecule has 6 aromatic carbocycles. The third-order valence-corrected chi connectivity index (χ3v) is 10.0. The van der Waals surface area contributed by atoms with Crippen molar-refractivity contribution < 1.29 is 8.83 Å². The summed E-state index contributed by atoms with van der Waals surface area (Å²) in [5.74, 6) is 0. The molecule has 1 atom stereocenters. The average molecular weight is 630 g/mol. The summed E-state index contributed by atoms with van der Waals surface area (Å²) in [6.45, 7) is 0. The van der Waals surface area contributed by atoms with Gasteiger partial charge >= 0.3 is 0 Å². The van der Waals surface area contributed by atoms with Gasteiger partial charge in [0.05, 0.1) is 39.5 Å². The average Bonchev–Trinajstić information content (AvgIpc) is 3.85. The van der Waals surface area contributed by atoms with E-state index in [2.05, 4.69) is 131 Å². The molecule has 4 aromatic heterocycles. The smallest absolute Gasteiger partial charge is 0.180 e. The molecular formula is C44H27N3O2. The summed E-state index contributed by atoms with van der Waals surface area (Å²) in [5, 5.41) is 10.3. The third-order valence-electron chi connectivity index (χ3n) is 10.0. The Morgan fingerprint density at radius 1 is 0.571 bits per heavy atom. The highest BCUT2D eigenvalue weighted by Crippen LogP contribution is 2.48. The van der Waals surface area contributed by atoms with Crippen LogP contribution in [0.1, 0.15) is 17.3 Å². The quantitative estimate of drug-likeness (QED) is 0.211. The molecule has 0 saturated carbocycles. The zero-order valence-corrected chi connectivity index (χ0v) is 26.2. The van der Waals surface area contributed by atoms with E-state index >= 15 is 0 Å². The van der Waals surface area contributed by atoms with Crippen molar-refractivity contribution >= 4 is 77.4 Å². The molecular weight excluding hydrogens is 603 g/mol. The van der Waals surface area contributed by atoms with Crippen molar-refractivity contribution in [1.29, 1.82) is 0 Å². The second-order valence-corrected chi connectivity index (χ2v) is 12.7. The molecule has 0 aliphatic carbocycles. The molecule has 0 spiro atoms. The minimum Gasteiger partial charge on any atom is -0.452 e. The van der Waals surface area contributed by atoms with Gasteiger partial charge in [0.1, 0.15) is 11.2 Å². The highest BCUT2D eigenvalue weighted by molar-refractivity contribution is 6.38. The van der Waals surface area contributed by atoms with E-state index in [0.717, 1.165) is 83.2 Å². The highest BCUT2D eigenvalue weighted by atomic mass is 16.4. The van der Waals surface area contributed by atoms with Crippen molar-refractivity contribution in [1.82, 2.24) is 9.55 Å². The highest BCUT2D eigenvalue weighted by Gasteiger charge is 2.26. The van der Waals surface area contributed by atoms with E-state index in [1.165, 1.54) is 16.3 Å².